The highest BCUT2D eigenvalue weighted by atomic mass is 16.5. The first-order valence-corrected chi connectivity index (χ1v) is 11.6. The predicted molar refractivity (Wildman–Crippen MR) is 123 cm³/mol. The van der Waals surface area contributed by atoms with Crippen molar-refractivity contribution in [2.24, 2.45) is 11.8 Å². The molecule has 0 amide bonds. The minimum atomic E-state index is -0.923. The number of ketones is 1. The third-order valence-electron chi connectivity index (χ3n) is 6.22. The quantitative estimate of drug-likeness (QED) is 0.359. The molecule has 1 aliphatic heterocycles. The van der Waals surface area contributed by atoms with Crippen LogP contribution >= 0.6 is 0 Å². The fourth-order valence-electron chi connectivity index (χ4n) is 4.65. The van der Waals surface area contributed by atoms with Crippen LogP contribution in [0.5, 0.6) is 5.75 Å². The Labute approximate surface area is 195 Å². The van der Waals surface area contributed by atoms with Crippen LogP contribution < -0.4 is 10.1 Å². The number of unbranched alkanes of at least 4 members (excludes halogenated alkanes) is 1. The number of ether oxygens (including phenoxy) is 3. The standard InChI is InChI=1S/C26H33NO6/c1-6-8-13-33-19-12-10-9-11-17(19)22-21(26(30)32-7-2)16(4)27-18-14-15(3)20(25(29)31-5)24(28)23(18)22/h9-12,15,20,22,27H,6-8,13-14H2,1-5H3/t15-,20+,22-/m0/s1. The Kier molecular flexibility index (Phi) is 7.95. The zero-order chi connectivity index (χ0) is 24.1. The predicted octanol–water partition coefficient (Wildman–Crippen LogP) is 4.04. The Morgan fingerprint density at radius 2 is 1.91 bits per heavy atom. The maximum absolute atomic E-state index is 13.7. The van der Waals surface area contributed by atoms with E-state index in [1.807, 2.05) is 38.1 Å². The molecule has 0 aromatic heterocycles. The summed E-state index contributed by atoms with van der Waals surface area (Å²) in [5.74, 6) is -2.63. The molecule has 3 atom stereocenters. The Morgan fingerprint density at radius 3 is 2.58 bits per heavy atom. The van der Waals surface area contributed by atoms with Gasteiger partial charge in [0.05, 0.1) is 31.8 Å². The molecule has 1 heterocycles. The lowest BCUT2D eigenvalue weighted by Crippen LogP contribution is -2.43. The van der Waals surface area contributed by atoms with Crippen molar-refractivity contribution in [3.8, 4) is 5.75 Å². The first-order valence-electron chi connectivity index (χ1n) is 11.6. The Balaban J connectivity index is 2.18. The van der Waals surface area contributed by atoms with Gasteiger partial charge in [-0.25, -0.2) is 4.79 Å². The van der Waals surface area contributed by atoms with Crippen LogP contribution in [0.15, 0.2) is 46.8 Å². The number of benzene rings is 1. The number of dihydropyridines is 1. The maximum atomic E-state index is 13.7. The van der Waals surface area contributed by atoms with Gasteiger partial charge < -0.3 is 19.5 Å². The Hall–Kier alpha value is -3.09. The lowest BCUT2D eigenvalue weighted by Gasteiger charge is -2.38. The SMILES string of the molecule is CCCCOc1ccccc1[C@H]1C(C(=O)OCC)=C(C)NC2=C1C(=O)[C@H](C(=O)OC)[C@@H](C)C2. The number of esters is 2. The van der Waals surface area contributed by atoms with Crippen molar-refractivity contribution in [1.82, 2.24) is 5.32 Å². The van der Waals surface area contributed by atoms with E-state index in [9.17, 15) is 14.4 Å². The highest BCUT2D eigenvalue weighted by Gasteiger charge is 2.47. The molecule has 0 fully saturated rings. The fraction of sp³-hybridized carbons (Fsp3) is 0.500. The number of allylic oxidation sites excluding steroid dienone is 3. The van der Waals surface area contributed by atoms with Gasteiger partial charge in [-0.3, -0.25) is 9.59 Å². The summed E-state index contributed by atoms with van der Waals surface area (Å²) < 4.78 is 16.4. The van der Waals surface area contributed by atoms with Crippen LogP contribution in [-0.2, 0) is 23.9 Å². The monoisotopic (exact) mass is 455 g/mol. The molecule has 1 aromatic rings. The lowest BCUT2D eigenvalue weighted by atomic mass is 9.69. The van der Waals surface area contributed by atoms with Gasteiger partial charge in [-0.1, -0.05) is 38.5 Å². The molecule has 7 nitrogen and oxygen atoms in total. The first-order chi connectivity index (χ1) is 15.8. The first kappa shape index (κ1) is 24.6. The van der Waals surface area contributed by atoms with Crippen LogP contribution in [-0.4, -0.2) is 38.0 Å². The molecular weight excluding hydrogens is 422 g/mol. The molecule has 7 heteroatoms. The van der Waals surface area contributed by atoms with Crippen LogP contribution in [0, 0.1) is 11.8 Å². The molecule has 1 aliphatic carbocycles. The molecule has 1 N–H and O–H groups in total. The van der Waals surface area contributed by atoms with Crippen molar-refractivity contribution < 1.29 is 28.6 Å². The van der Waals surface area contributed by atoms with Crippen molar-refractivity contribution >= 4 is 17.7 Å². The zero-order valence-corrected chi connectivity index (χ0v) is 20.0. The number of carbonyl (C=O) groups excluding carboxylic acids is 3. The minimum Gasteiger partial charge on any atom is -0.493 e. The molecule has 178 valence electrons. The van der Waals surface area contributed by atoms with Gasteiger partial charge >= 0.3 is 11.9 Å². The molecule has 3 rings (SSSR count). The molecular formula is C26H33NO6. The van der Waals surface area contributed by atoms with E-state index in [0.29, 0.717) is 41.2 Å². The number of hydrogen-bond donors (Lipinski definition) is 1. The van der Waals surface area contributed by atoms with Crippen molar-refractivity contribution in [1.29, 1.82) is 0 Å². The molecule has 0 spiro atoms. The van der Waals surface area contributed by atoms with Crippen LogP contribution in [0.1, 0.15) is 58.4 Å². The zero-order valence-electron chi connectivity index (χ0n) is 20.0. The summed E-state index contributed by atoms with van der Waals surface area (Å²) in [6.07, 6.45) is 2.35. The average molecular weight is 456 g/mol. The average Bonchev–Trinajstić information content (AvgIpc) is 2.78. The number of rotatable bonds is 8. The summed E-state index contributed by atoms with van der Waals surface area (Å²) in [5.41, 5.74) is 2.83. The van der Waals surface area contributed by atoms with Crippen molar-refractivity contribution in [2.45, 2.75) is 52.9 Å². The summed E-state index contributed by atoms with van der Waals surface area (Å²) >= 11 is 0. The second-order valence-corrected chi connectivity index (χ2v) is 8.50. The summed E-state index contributed by atoms with van der Waals surface area (Å²) in [6, 6.07) is 7.44. The van der Waals surface area contributed by atoms with Gasteiger partial charge in [0, 0.05) is 22.5 Å². The molecule has 0 bridgehead atoms. The van der Waals surface area contributed by atoms with Gasteiger partial charge in [0.25, 0.3) is 0 Å². The van der Waals surface area contributed by atoms with E-state index >= 15 is 0 Å². The number of hydrogen-bond acceptors (Lipinski definition) is 7. The molecule has 0 saturated heterocycles. The number of para-hydroxylation sites is 1. The van der Waals surface area contributed by atoms with E-state index in [1.54, 1.807) is 6.92 Å². The van der Waals surface area contributed by atoms with Crippen molar-refractivity contribution in [3.05, 3.63) is 52.4 Å². The van der Waals surface area contributed by atoms with Crippen LogP contribution in [0.3, 0.4) is 0 Å². The highest BCUT2D eigenvalue weighted by Crippen LogP contribution is 2.47. The van der Waals surface area contributed by atoms with E-state index in [1.165, 1.54) is 7.11 Å². The van der Waals surface area contributed by atoms with Crippen LogP contribution in [0.2, 0.25) is 0 Å². The van der Waals surface area contributed by atoms with Gasteiger partial charge in [0.1, 0.15) is 11.7 Å². The molecule has 0 unspecified atom stereocenters. The second-order valence-electron chi connectivity index (χ2n) is 8.50. The third kappa shape index (κ3) is 4.82. The minimum absolute atomic E-state index is 0.207. The lowest BCUT2D eigenvalue weighted by molar-refractivity contribution is -0.151. The second kappa shape index (κ2) is 10.7. The van der Waals surface area contributed by atoms with Crippen molar-refractivity contribution in [2.75, 3.05) is 20.3 Å². The van der Waals surface area contributed by atoms with E-state index in [-0.39, 0.29) is 18.3 Å². The van der Waals surface area contributed by atoms with E-state index in [2.05, 4.69) is 12.2 Å². The highest BCUT2D eigenvalue weighted by molar-refractivity contribution is 6.12. The number of Topliss-reactive ketones (excluding diaryl/α,β-unsaturated/α-hetero) is 1. The summed E-state index contributed by atoms with van der Waals surface area (Å²) in [5, 5.41) is 3.26. The Morgan fingerprint density at radius 1 is 1.18 bits per heavy atom. The number of methoxy groups -OCH3 is 1. The van der Waals surface area contributed by atoms with Gasteiger partial charge in [0.15, 0.2) is 5.78 Å². The van der Waals surface area contributed by atoms with Crippen LogP contribution in [0.25, 0.3) is 0 Å². The molecule has 0 radical (unpaired) electrons. The normalized spacial score (nSPS) is 22.5. The van der Waals surface area contributed by atoms with Crippen LogP contribution in [0.4, 0.5) is 0 Å². The Bertz CT molecular complexity index is 992. The number of carbonyl (C=O) groups is 3. The summed E-state index contributed by atoms with van der Waals surface area (Å²) in [4.78, 5) is 39.4. The maximum Gasteiger partial charge on any atom is 0.336 e. The van der Waals surface area contributed by atoms with Gasteiger partial charge in [0.2, 0.25) is 0 Å². The fourth-order valence-corrected chi connectivity index (χ4v) is 4.65. The van der Waals surface area contributed by atoms with Gasteiger partial charge in [-0.15, -0.1) is 0 Å². The summed E-state index contributed by atoms with van der Waals surface area (Å²) in [7, 11) is 1.29. The smallest absolute Gasteiger partial charge is 0.336 e. The third-order valence-corrected chi connectivity index (χ3v) is 6.22. The molecule has 0 saturated carbocycles. The van der Waals surface area contributed by atoms with E-state index < -0.39 is 23.8 Å². The van der Waals surface area contributed by atoms with E-state index in [4.69, 9.17) is 14.2 Å². The molecule has 33 heavy (non-hydrogen) atoms. The van der Waals surface area contributed by atoms with Gasteiger partial charge in [-0.05, 0) is 38.7 Å². The molecule has 2 aliphatic rings. The molecule has 1 aromatic carbocycles. The topological polar surface area (TPSA) is 90.9 Å². The summed E-state index contributed by atoms with van der Waals surface area (Å²) in [6.45, 7) is 8.23. The number of nitrogens with one attached hydrogen (secondary N) is 1. The van der Waals surface area contributed by atoms with Gasteiger partial charge in [-0.2, -0.15) is 0 Å². The largest absolute Gasteiger partial charge is 0.493 e. The van der Waals surface area contributed by atoms with E-state index in [0.717, 1.165) is 18.5 Å². The van der Waals surface area contributed by atoms with Crippen molar-refractivity contribution in [3.63, 3.8) is 0 Å².